The van der Waals surface area contributed by atoms with Crippen molar-refractivity contribution in [1.82, 2.24) is 20.2 Å². The molecule has 0 radical (unpaired) electrons. The highest BCUT2D eigenvalue weighted by Gasteiger charge is 2.06. The Hall–Kier alpha value is -1.21. The van der Waals surface area contributed by atoms with E-state index in [9.17, 15) is 0 Å². The van der Waals surface area contributed by atoms with Gasteiger partial charge in [-0.3, -0.25) is 5.01 Å². The summed E-state index contributed by atoms with van der Waals surface area (Å²) in [6, 6.07) is 0. The number of aliphatic hydroxyl groups is 1. The number of anilines is 1. The van der Waals surface area contributed by atoms with Gasteiger partial charge in [-0.25, -0.2) is 10.5 Å². The second-order valence-electron chi connectivity index (χ2n) is 2.04. The molecule has 3 N–H and O–H groups in total. The van der Waals surface area contributed by atoms with Gasteiger partial charge in [0.05, 0.1) is 13.2 Å². The molecule has 7 heteroatoms. The van der Waals surface area contributed by atoms with Gasteiger partial charge in [0.1, 0.15) is 0 Å². The van der Waals surface area contributed by atoms with Crippen LogP contribution in [0.15, 0.2) is 0 Å². The van der Waals surface area contributed by atoms with Crippen molar-refractivity contribution in [3.63, 3.8) is 0 Å². The van der Waals surface area contributed by atoms with Crippen molar-refractivity contribution in [3.8, 4) is 0 Å². The van der Waals surface area contributed by atoms with Crippen LogP contribution in [-0.2, 0) is 6.54 Å². The lowest BCUT2D eigenvalue weighted by Gasteiger charge is -2.09. The van der Waals surface area contributed by atoms with Gasteiger partial charge in [0.15, 0.2) is 0 Å². The fourth-order valence-electron chi connectivity index (χ4n) is 0.692. The monoisotopic (exact) mass is 158 g/mol. The molecule has 1 aromatic heterocycles. The van der Waals surface area contributed by atoms with Crippen LogP contribution in [0.2, 0.25) is 0 Å². The molecule has 0 amide bonds. The third-order valence-electron chi connectivity index (χ3n) is 1.14. The molecule has 0 spiro atoms. The molecule has 11 heavy (non-hydrogen) atoms. The predicted molar refractivity (Wildman–Crippen MR) is 37.5 cm³/mol. The average Bonchev–Trinajstić information content (AvgIpc) is 2.36. The van der Waals surface area contributed by atoms with Crippen molar-refractivity contribution in [2.24, 2.45) is 5.84 Å². The van der Waals surface area contributed by atoms with E-state index in [2.05, 4.69) is 15.5 Å². The summed E-state index contributed by atoms with van der Waals surface area (Å²) in [7, 11) is 1.62. The molecule has 1 aromatic rings. The van der Waals surface area contributed by atoms with Crippen molar-refractivity contribution in [2.75, 3.05) is 18.7 Å². The van der Waals surface area contributed by atoms with Crippen molar-refractivity contribution in [1.29, 1.82) is 0 Å². The Morgan fingerprint density at radius 2 is 2.45 bits per heavy atom. The van der Waals surface area contributed by atoms with Crippen LogP contribution in [0.3, 0.4) is 0 Å². The summed E-state index contributed by atoms with van der Waals surface area (Å²) in [5.41, 5.74) is 0. The number of hydrogen-bond donors (Lipinski definition) is 2. The van der Waals surface area contributed by atoms with Gasteiger partial charge in [-0.15, -0.1) is 0 Å². The van der Waals surface area contributed by atoms with Gasteiger partial charge in [0, 0.05) is 7.05 Å². The first-order valence-corrected chi connectivity index (χ1v) is 3.11. The number of hydrazine groups is 1. The van der Waals surface area contributed by atoms with E-state index in [-0.39, 0.29) is 6.61 Å². The maximum Gasteiger partial charge on any atom is 0.259 e. The maximum absolute atomic E-state index is 8.57. The number of nitrogens with two attached hydrogens (primary N) is 1. The number of rotatable bonds is 3. The highest BCUT2D eigenvalue weighted by atomic mass is 16.3. The third-order valence-corrected chi connectivity index (χ3v) is 1.14. The summed E-state index contributed by atoms with van der Waals surface area (Å²) in [5, 5.41) is 20.5. The van der Waals surface area contributed by atoms with Gasteiger partial charge in [-0.1, -0.05) is 5.10 Å². The van der Waals surface area contributed by atoms with E-state index in [1.807, 2.05) is 0 Å². The molecule has 7 nitrogen and oxygen atoms in total. The maximum atomic E-state index is 8.57. The van der Waals surface area contributed by atoms with E-state index >= 15 is 0 Å². The van der Waals surface area contributed by atoms with Gasteiger partial charge in [-0.05, 0) is 10.4 Å². The Morgan fingerprint density at radius 1 is 1.73 bits per heavy atom. The molecule has 0 bridgehead atoms. The molecule has 0 aromatic carbocycles. The quantitative estimate of drug-likeness (QED) is 0.389. The molecule has 0 atom stereocenters. The molecule has 0 saturated heterocycles. The normalized spacial score (nSPS) is 10.1. The fraction of sp³-hybridized carbons (Fsp3) is 0.750. The van der Waals surface area contributed by atoms with Gasteiger partial charge in [-0.2, -0.15) is 0 Å². The first-order valence-electron chi connectivity index (χ1n) is 3.11. The van der Waals surface area contributed by atoms with E-state index in [0.29, 0.717) is 12.5 Å². The number of aliphatic hydroxyl groups excluding tert-OH is 1. The molecule has 1 heterocycles. The van der Waals surface area contributed by atoms with Gasteiger partial charge in [0.2, 0.25) is 0 Å². The Kier molecular flexibility index (Phi) is 2.34. The second-order valence-corrected chi connectivity index (χ2v) is 2.04. The second kappa shape index (κ2) is 3.26. The molecule has 0 fully saturated rings. The SMILES string of the molecule is CN(N)c1nnnn1CCO. The molecule has 0 saturated carbocycles. The number of nitrogens with zero attached hydrogens (tertiary/aromatic N) is 5. The summed E-state index contributed by atoms with van der Waals surface area (Å²) in [4.78, 5) is 0. The van der Waals surface area contributed by atoms with Crippen LogP contribution in [0.1, 0.15) is 0 Å². The first-order chi connectivity index (χ1) is 5.25. The molecule has 1 rings (SSSR count). The zero-order chi connectivity index (χ0) is 8.27. The van der Waals surface area contributed by atoms with Gasteiger partial charge < -0.3 is 5.11 Å². The number of aromatic nitrogens is 4. The highest BCUT2D eigenvalue weighted by molar-refractivity contribution is 5.22. The number of hydrogen-bond acceptors (Lipinski definition) is 6. The Balaban J connectivity index is 2.78. The lowest BCUT2D eigenvalue weighted by molar-refractivity contribution is 0.268. The third kappa shape index (κ3) is 1.63. The van der Waals surface area contributed by atoms with E-state index in [0.717, 1.165) is 0 Å². The predicted octanol–water partition coefficient (Wildman–Crippen LogP) is -2.02. The van der Waals surface area contributed by atoms with Crippen LogP contribution < -0.4 is 10.9 Å². The molecule has 0 unspecified atom stereocenters. The summed E-state index contributed by atoms with van der Waals surface area (Å²) in [6.45, 7) is 0.343. The van der Waals surface area contributed by atoms with Crippen LogP contribution >= 0.6 is 0 Å². The molecule has 0 aliphatic carbocycles. The first kappa shape index (κ1) is 7.89. The fourth-order valence-corrected chi connectivity index (χ4v) is 0.692. The minimum Gasteiger partial charge on any atom is -0.394 e. The van der Waals surface area contributed by atoms with Crippen LogP contribution in [0.5, 0.6) is 0 Å². The number of tetrazole rings is 1. The van der Waals surface area contributed by atoms with Crippen LogP contribution in [0, 0.1) is 0 Å². The molecular weight excluding hydrogens is 148 g/mol. The van der Waals surface area contributed by atoms with Crippen LogP contribution in [0.25, 0.3) is 0 Å². The summed E-state index contributed by atoms with van der Waals surface area (Å²) >= 11 is 0. The molecule has 62 valence electrons. The smallest absolute Gasteiger partial charge is 0.259 e. The largest absolute Gasteiger partial charge is 0.394 e. The molecule has 0 aliphatic heterocycles. The topological polar surface area (TPSA) is 93.1 Å². The minimum atomic E-state index is -0.00806. The van der Waals surface area contributed by atoms with Crippen molar-refractivity contribution < 1.29 is 5.11 Å². The van der Waals surface area contributed by atoms with Gasteiger partial charge >= 0.3 is 0 Å². The minimum absolute atomic E-state index is 0.00806. The highest BCUT2D eigenvalue weighted by Crippen LogP contribution is 1.99. The summed E-state index contributed by atoms with van der Waals surface area (Å²) < 4.78 is 1.42. The molecular formula is C4H10N6O. The van der Waals surface area contributed by atoms with Crippen LogP contribution in [0.4, 0.5) is 5.95 Å². The van der Waals surface area contributed by atoms with Crippen molar-refractivity contribution in [3.05, 3.63) is 0 Å². The zero-order valence-electron chi connectivity index (χ0n) is 6.17. The van der Waals surface area contributed by atoms with Crippen LogP contribution in [-0.4, -0.2) is 39.0 Å². The van der Waals surface area contributed by atoms with Gasteiger partial charge in [0.25, 0.3) is 5.95 Å². The Labute approximate surface area is 63.4 Å². The van der Waals surface area contributed by atoms with Crippen molar-refractivity contribution in [2.45, 2.75) is 6.54 Å². The lowest BCUT2D eigenvalue weighted by atomic mass is 10.7. The summed E-state index contributed by atoms with van der Waals surface area (Å²) in [5.74, 6) is 5.81. The average molecular weight is 158 g/mol. The Morgan fingerprint density at radius 3 is 3.00 bits per heavy atom. The van der Waals surface area contributed by atoms with E-state index in [1.54, 1.807) is 7.05 Å². The molecule has 0 aliphatic rings. The zero-order valence-corrected chi connectivity index (χ0v) is 6.17. The standard InChI is InChI=1S/C4H10N6O/c1-9(5)4-6-7-8-10(4)2-3-11/h11H,2-3,5H2,1H3. The Bertz CT molecular complexity index is 220. The summed E-state index contributed by atoms with van der Waals surface area (Å²) in [6.07, 6.45) is 0. The van der Waals surface area contributed by atoms with E-state index < -0.39 is 0 Å². The lowest BCUT2D eigenvalue weighted by Crippen LogP contribution is -2.29. The van der Waals surface area contributed by atoms with Crippen molar-refractivity contribution >= 4 is 5.95 Å². The van der Waals surface area contributed by atoms with E-state index in [1.165, 1.54) is 9.69 Å². The van der Waals surface area contributed by atoms with E-state index in [4.69, 9.17) is 10.9 Å².